The first-order chi connectivity index (χ1) is 17.1. The number of nitrogens with zero attached hydrogens (tertiary/aromatic N) is 5. The Bertz CT molecular complexity index is 1250. The maximum absolute atomic E-state index is 12.5. The molecule has 2 fully saturated rings. The molecule has 2 aromatic heterocycles. The van der Waals surface area contributed by atoms with Crippen LogP contribution in [0, 0.1) is 5.41 Å². The summed E-state index contributed by atoms with van der Waals surface area (Å²) in [7, 11) is 3.89. The van der Waals surface area contributed by atoms with Crippen molar-refractivity contribution in [2.75, 3.05) is 40.3 Å². The number of benzene rings is 1. The number of amides is 2. The van der Waals surface area contributed by atoms with Crippen molar-refractivity contribution in [2.24, 2.45) is 5.41 Å². The average Bonchev–Trinajstić information content (AvgIpc) is 3.45. The van der Waals surface area contributed by atoms with Gasteiger partial charge >= 0.3 is 6.03 Å². The van der Waals surface area contributed by atoms with Crippen molar-refractivity contribution < 1.29 is 9.90 Å². The van der Waals surface area contributed by atoms with Crippen LogP contribution in [0.4, 0.5) is 4.79 Å². The number of pyridine rings is 1. The van der Waals surface area contributed by atoms with Crippen LogP contribution < -0.4 is 0 Å². The molecule has 0 spiro atoms. The van der Waals surface area contributed by atoms with Gasteiger partial charge in [-0.25, -0.2) is 4.79 Å². The molecule has 190 valence electrons. The number of H-pyrrole nitrogens is 1. The van der Waals surface area contributed by atoms with E-state index in [0.717, 1.165) is 47.7 Å². The summed E-state index contributed by atoms with van der Waals surface area (Å²) < 4.78 is 0. The fraction of sp³-hybridized carbons (Fsp3) is 0.464. The number of nitrogens with one attached hydrogen (secondary N) is 1. The Kier molecular flexibility index (Phi) is 6.12. The second kappa shape index (κ2) is 9.01. The Balaban J connectivity index is 1.48. The van der Waals surface area contributed by atoms with Crippen LogP contribution in [0.25, 0.3) is 11.3 Å². The number of aromatic nitrogens is 3. The number of aromatic amines is 1. The van der Waals surface area contributed by atoms with E-state index in [0.29, 0.717) is 19.0 Å². The Hall–Kier alpha value is -3.23. The van der Waals surface area contributed by atoms with E-state index in [1.54, 1.807) is 22.2 Å². The number of aliphatic hydroxyl groups is 1. The van der Waals surface area contributed by atoms with Gasteiger partial charge in [0.05, 0.1) is 17.9 Å². The van der Waals surface area contributed by atoms with E-state index in [9.17, 15) is 9.90 Å². The van der Waals surface area contributed by atoms with Crippen LogP contribution in [0.15, 0.2) is 48.8 Å². The average molecular weight is 489 g/mol. The lowest BCUT2D eigenvalue weighted by Gasteiger charge is -2.55. The van der Waals surface area contributed by atoms with Gasteiger partial charge in [-0.3, -0.25) is 10.1 Å². The minimum Gasteiger partial charge on any atom is -0.380 e. The molecule has 0 saturated carbocycles. The maximum atomic E-state index is 12.5. The van der Waals surface area contributed by atoms with Gasteiger partial charge in [0.2, 0.25) is 0 Å². The first-order valence-corrected chi connectivity index (χ1v) is 12.6. The molecule has 0 radical (unpaired) electrons. The summed E-state index contributed by atoms with van der Waals surface area (Å²) >= 11 is 0. The van der Waals surface area contributed by atoms with Crippen LogP contribution in [-0.2, 0) is 12.1 Å². The zero-order valence-electron chi connectivity index (χ0n) is 21.8. The molecule has 3 aromatic rings. The molecule has 1 atom stereocenters. The minimum atomic E-state index is -1.20. The lowest BCUT2D eigenvalue weighted by Crippen LogP contribution is -2.63. The lowest BCUT2D eigenvalue weighted by molar-refractivity contribution is -0.127. The number of rotatable bonds is 7. The SMILES string of the molecule is CC(C)c1ccc([C@](O)(c2cncc(-c3cc(CN4CCN(C)C4=O)[nH]n3)c2)C2(C)CN(C)C2)cc1. The van der Waals surface area contributed by atoms with E-state index in [1.165, 1.54) is 5.56 Å². The van der Waals surface area contributed by atoms with Crippen molar-refractivity contribution >= 4 is 6.03 Å². The summed E-state index contributed by atoms with van der Waals surface area (Å²) in [6.45, 7) is 9.98. The highest BCUT2D eigenvalue weighted by Crippen LogP contribution is 2.50. The van der Waals surface area contributed by atoms with E-state index in [-0.39, 0.29) is 11.4 Å². The van der Waals surface area contributed by atoms with Crippen LogP contribution in [0.1, 0.15) is 49.1 Å². The Morgan fingerprint density at radius 1 is 1.08 bits per heavy atom. The third kappa shape index (κ3) is 4.08. The fourth-order valence-corrected chi connectivity index (χ4v) is 5.77. The van der Waals surface area contributed by atoms with Gasteiger partial charge in [0, 0.05) is 62.2 Å². The number of carbonyl (C=O) groups excluding carboxylic acids is 1. The van der Waals surface area contributed by atoms with Crippen LogP contribution >= 0.6 is 0 Å². The molecule has 1 aromatic carbocycles. The first-order valence-electron chi connectivity index (χ1n) is 12.6. The molecule has 8 nitrogen and oxygen atoms in total. The molecular formula is C28H36N6O2. The van der Waals surface area contributed by atoms with Gasteiger partial charge < -0.3 is 19.8 Å². The summed E-state index contributed by atoms with van der Waals surface area (Å²) in [5.41, 5.74) is 3.75. The third-order valence-corrected chi connectivity index (χ3v) is 7.85. The number of hydrogen-bond acceptors (Lipinski definition) is 5. The summed E-state index contributed by atoms with van der Waals surface area (Å²) in [5, 5.41) is 20.0. The first kappa shape index (κ1) is 24.5. The van der Waals surface area contributed by atoms with Crippen molar-refractivity contribution in [3.63, 3.8) is 0 Å². The number of likely N-dealkylation sites (tertiary alicyclic amines) is 1. The van der Waals surface area contributed by atoms with Gasteiger partial charge in [-0.1, -0.05) is 45.0 Å². The van der Waals surface area contributed by atoms with E-state index in [2.05, 4.69) is 72.2 Å². The van der Waals surface area contributed by atoms with Gasteiger partial charge in [0.15, 0.2) is 0 Å². The fourth-order valence-electron chi connectivity index (χ4n) is 5.77. The third-order valence-electron chi connectivity index (χ3n) is 7.85. The smallest absolute Gasteiger partial charge is 0.320 e. The molecule has 0 bridgehead atoms. The number of likely N-dealkylation sites (N-methyl/N-ethyl adjacent to an activating group) is 1. The van der Waals surface area contributed by atoms with Crippen molar-refractivity contribution in [1.82, 2.24) is 29.9 Å². The number of hydrogen-bond donors (Lipinski definition) is 2. The molecule has 2 aliphatic heterocycles. The molecule has 0 aliphatic carbocycles. The molecule has 2 amide bonds. The van der Waals surface area contributed by atoms with Gasteiger partial charge in [-0.05, 0) is 36.2 Å². The van der Waals surface area contributed by atoms with E-state index in [4.69, 9.17) is 0 Å². The van der Waals surface area contributed by atoms with Gasteiger partial charge in [-0.15, -0.1) is 0 Å². The Morgan fingerprint density at radius 3 is 2.42 bits per heavy atom. The molecule has 5 rings (SSSR count). The van der Waals surface area contributed by atoms with Crippen molar-refractivity contribution in [3.8, 4) is 11.3 Å². The minimum absolute atomic E-state index is 0.0297. The number of carbonyl (C=O) groups is 1. The topological polar surface area (TPSA) is 88.6 Å². The molecule has 4 heterocycles. The number of urea groups is 1. The van der Waals surface area contributed by atoms with Crippen molar-refractivity contribution in [2.45, 2.75) is 38.8 Å². The van der Waals surface area contributed by atoms with Crippen LogP contribution in [0.3, 0.4) is 0 Å². The van der Waals surface area contributed by atoms with Gasteiger partial charge in [0.25, 0.3) is 0 Å². The second-order valence-corrected chi connectivity index (χ2v) is 11.1. The summed E-state index contributed by atoms with van der Waals surface area (Å²) in [5.74, 6) is 0.424. The van der Waals surface area contributed by atoms with E-state index < -0.39 is 5.60 Å². The Labute approximate surface area is 212 Å². The molecule has 0 unspecified atom stereocenters. The summed E-state index contributed by atoms with van der Waals surface area (Å²) in [6, 6.07) is 12.3. The predicted molar refractivity (Wildman–Crippen MR) is 139 cm³/mol. The largest absolute Gasteiger partial charge is 0.380 e. The molecular weight excluding hydrogens is 452 g/mol. The van der Waals surface area contributed by atoms with Crippen LogP contribution in [0.5, 0.6) is 0 Å². The lowest BCUT2D eigenvalue weighted by atomic mass is 9.62. The molecule has 8 heteroatoms. The molecule has 36 heavy (non-hydrogen) atoms. The van der Waals surface area contributed by atoms with Crippen LogP contribution in [0.2, 0.25) is 0 Å². The highest BCUT2D eigenvalue weighted by molar-refractivity contribution is 5.76. The van der Waals surface area contributed by atoms with Gasteiger partial charge in [-0.2, -0.15) is 5.10 Å². The normalized spacial score (nSPS) is 19.6. The molecule has 2 saturated heterocycles. The van der Waals surface area contributed by atoms with Gasteiger partial charge in [0.1, 0.15) is 5.60 Å². The van der Waals surface area contributed by atoms with E-state index in [1.807, 2.05) is 19.2 Å². The van der Waals surface area contributed by atoms with Crippen molar-refractivity contribution in [3.05, 3.63) is 71.2 Å². The monoisotopic (exact) mass is 488 g/mol. The van der Waals surface area contributed by atoms with E-state index >= 15 is 0 Å². The highest BCUT2D eigenvalue weighted by atomic mass is 16.3. The van der Waals surface area contributed by atoms with Crippen molar-refractivity contribution in [1.29, 1.82) is 0 Å². The maximum Gasteiger partial charge on any atom is 0.320 e. The van der Waals surface area contributed by atoms with Crippen LogP contribution in [-0.4, -0.2) is 81.3 Å². The Morgan fingerprint density at radius 2 is 1.81 bits per heavy atom. The second-order valence-electron chi connectivity index (χ2n) is 11.1. The quantitative estimate of drug-likeness (QED) is 0.530. The zero-order chi connectivity index (χ0) is 25.7. The zero-order valence-corrected chi connectivity index (χ0v) is 21.8. The summed E-state index contributed by atoms with van der Waals surface area (Å²) in [6.07, 6.45) is 3.55. The standard InChI is InChI=1S/C28H36N6O2/c1-19(2)20-6-8-22(9-7-20)28(36,27(3)17-32(4)18-27)23-12-21(14-29-15-23)25-13-24(30-31-25)16-34-11-10-33(5)26(34)35/h6-9,12-15,19,36H,10-11,16-18H2,1-5H3,(H,30,31)/t28-/m0/s1. The summed E-state index contributed by atoms with van der Waals surface area (Å²) in [4.78, 5) is 22.5. The molecule has 2 aliphatic rings. The molecule has 2 N–H and O–H groups in total. The highest BCUT2D eigenvalue weighted by Gasteiger charge is 2.55. The predicted octanol–water partition coefficient (Wildman–Crippen LogP) is 3.65.